The molecule has 0 aliphatic heterocycles. The maximum Gasteiger partial charge on any atom is 0.460 e. The smallest absolute Gasteiger partial charge is 0.380 e. The van der Waals surface area contributed by atoms with Crippen molar-refractivity contribution in [3.8, 4) is 0 Å². The minimum atomic E-state index is -7.89. The summed E-state index contributed by atoms with van der Waals surface area (Å²) in [5, 5.41) is 0. The second kappa shape index (κ2) is 9.10. The van der Waals surface area contributed by atoms with Crippen molar-refractivity contribution in [3.63, 3.8) is 0 Å². The highest BCUT2D eigenvalue weighted by molar-refractivity contribution is 5.35. The van der Waals surface area contributed by atoms with E-state index in [0.717, 1.165) is 0 Å². The molecule has 0 spiro atoms. The third kappa shape index (κ3) is 4.99. The molecule has 0 saturated heterocycles. The molecule has 0 aromatic carbocycles. The summed E-state index contributed by atoms with van der Waals surface area (Å²) in [5.41, 5.74) is 0.633. The van der Waals surface area contributed by atoms with E-state index in [4.69, 9.17) is 0 Å². The van der Waals surface area contributed by atoms with Crippen LogP contribution in [0, 0.1) is 5.92 Å². The average Bonchev–Trinajstić information content (AvgIpc) is 2.88. The van der Waals surface area contributed by atoms with Crippen LogP contribution >= 0.6 is 0 Å². The highest BCUT2D eigenvalue weighted by Crippen LogP contribution is 2.60. The third-order valence-corrected chi connectivity index (χ3v) is 4.29. The van der Waals surface area contributed by atoms with Crippen LogP contribution in [-0.2, 0) is 4.74 Å². The maximum atomic E-state index is 13.6. The molecule has 1 aliphatic carbocycles. The lowest BCUT2D eigenvalue weighted by Crippen LogP contribution is -2.70. The van der Waals surface area contributed by atoms with E-state index in [1.54, 1.807) is 6.08 Å². The van der Waals surface area contributed by atoms with Crippen LogP contribution in [0.1, 0.15) is 6.42 Å². The van der Waals surface area contributed by atoms with Gasteiger partial charge in [-0.3, -0.25) is 0 Å². The van der Waals surface area contributed by atoms with Crippen molar-refractivity contribution in [1.29, 1.82) is 0 Å². The third-order valence-electron chi connectivity index (χ3n) is 4.29. The van der Waals surface area contributed by atoms with E-state index < -0.39 is 61.3 Å². The van der Waals surface area contributed by atoms with Gasteiger partial charge in [0.2, 0.25) is 0 Å². The largest absolute Gasteiger partial charge is 0.460 e. The van der Waals surface area contributed by atoms with Crippen LogP contribution in [0.15, 0.2) is 48.6 Å². The SMILES string of the molecule is C=CC1=CC=CC(COCCC(F)(F)C(F)(F)C(F)(F)C(F)(F)C(F)(F)C(F)(F)F)C=C1. The minimum absolute atomic E-state index is 0.453. The lowest BCUT2D eigenvalue weighted by Gasteiger charge is -2.39. The zero-order valence-corrected chi connectivity index (χ0v) is 15.7. The number of halogens is 13. The van der Waals surface area contributed by atoms with Crippen LogP contribution in [-0.4, -0.2) is 49.0 Å². The molecule has 0 aromatic rings. The Morgan fingerprint density at radius 3 is 1.81 bits per heavy atom. The van der Waals surface area contributed by atoms with Gasteiger partial charge in [0.25, 0.3) is 0 Å². The van der Waals surface area contributed by atoms with E-state index in [2.05, 4.69) is 11.3 Å². The Kier molecular flexibility index (Phi) is 7.98. The Bertz CT molecular complexity index is 759. The van der Waals surface area contributed by atoms with Gasteiger partial charge < -0.3 is 4.74 Å². The van der Waals surface area contributed by atoms with Gasteiger partial charge in [-0.1, -0.05) is 43.0 Å². The van der Waals surface area contributed by atoms with Crippen molar-refractivity contribution >= 4 is 0 Å². The van der Waals surface area contributed by atoms with Crippen molar-refractivity contribution in [3.05, 3.63) is 48.6 Å². The fourth-order valence-electron chi connectivity index (χ4n) is 2.29. The normalized spacial score (nSPS) is 19.0. The Morgan fingerprint density at radius 2 is 1.31 bits per heavy atom. The van der Waals surface area contributed by atoms with Gasteiger partial charge in [0, 0.05) is 12.3 Å². The van der Waals surface area contributed by atoms with Gasteiger partial charge in [0.1, 0.15) is 0 Å². The van der Waals surface area contributed by atoms with Crippen LogP contribution < -0.4 is 0 Å². The summed E-state index contributed by atoms with van der Waals surface area (Å²) in [6.07, 6.45) is -0.813. The van der Waals surface area contributed by atoms with Crippen LogP contribution in [0.3, 0.4) is 0 Å². The monoisotopic (exact) mass is 494 g/mol. The van der Waals surface area contributed by atoms with Crippen LogP contribution in [0.2, 0.25) is 0 Å². The predicted molar refractivity (Wildman–Crippen MR) is 86.3 cm³/mol. The van der Waals surface area contributed by atoms with E-state index in [1.165, 1.54) is 30.4 Å². The number of hydrogen-bond donors (Lipinski definition) is 0. The Hall–Kier alpha value is -1.99. The fraction of sp³-hybridized carbons (Fsp3) is 0.556. The van der Waals surface area contributed by atoms with Gasteiger partial charge in [-0.05, 0) is 5.57 Å². The molecule has 0 radical (unpaired) electrons. The van der Waals surface area contributed by atoms with Gasteiger partial charge >= 0.3 is 35.8 Å². The highest BCUT2D eigenvalue weighted by Gasteiger charge is 2.90. The molecule has 0 fully saturated rings. The second-order valence-corrected chi connectivity index (χ2v) is 6.60. The van der Waals surface area contributed by atoms with E-state index in [-0.39, 0.29) is 0 Å². The Labute approximate surface area is 172 Å². The first kappa shape index (κ1) is 28.0. The fourth-order valence-corrected chi connectivity index (χ4v) is 2.29. The quantitative estimate of drug-likeness (QED) is 0.235. The molecule has 0 amide bonds. The van der Waals surface area contributed by atoms with Gasteiger partial charge in [-0.25, -0.2) is 0 Å². The summed E-state index contributed by atoms with van der Waals surface area (Å²) in [5.74, 6) is -37.4. The van der Waals surface area contributed by atoms with Crippen LogP contribution in [0.25, 0.3) is 0 Å². The summed E-state index contributed by atoms with van der Waals surface area (Å²) in [7, 11) is 0. The minimum Gasteiger partial charge on any atom is -0.380 e. The molecule has 184 valence electrons. The summed E-state index contributed by atoms with van der Waals surface area (Å²) in [6.45, 7) is 1.60. The number of rotatable bonds is 10. The molecule has 1 aliphatic rings. The molecule has 32 heavy (non-hydrogen) atoms. The molecule has 0 bridgehead atoms. The highest BCUT2D eigenvalue weighted by atomic mass is 19.4. The molecule has 1 nitrogen and oxygen atoms in total. The maximum absolute atomic E-state index is 13.6. The lowest BCUT2D eigenvalue weighted by atomic mass is 9.93. The second-order valence-electron chi connectivity index (χ2n) is 6.60. The Balaban J connectivity index is 2.91. The number of alkyl halides is 13. The van der Waals surface area contributed by atoms with Crippen molar-refractivity contribution in [2.45, 2.75) is 42.2 Å². The zero-order valence-electron chi connectivity index (χ0n) is 15.7. The molecule has 1 unspecified atom stereocenters. The van der Waals surface area contributed by atoms with E-state index in [9.17, 15) is 57.1 Å². The van der Waals surface area contributed by atoms with Crippen LogP contribution in [0.5, 0.6) is 0 Å². The van der Waals surface area contributed by atoms with Gasteiger partial charge in [-0.2, -0.15) is 57.1 Å². The number of ether oxygens (including phenoxy) is 1. The lowest BCUT2D eigenvalue weighted by molar-refractivity contribution is -0.440. The topological polar surface area (TPSA) is 9.23 Å². The average molecular weight is 494 g/mol. The van der Waals surface area contributed by atoms with E-state index in [1.807, 2.05) is 0 Å². The van der Waals surface area contributed by atoms with Gasteiger partial charge in [0.15, 0.2) is 0 Å². The number of allylic oxidation sites excluding steroid dienone is 5. The van der Waals surface area contributed by atoms with Crippen molar-refractivity contribution in [1.82, 2.24) is 0 Å². The van der Waals surface area contributed by atoms with E-state index in [0.29, 0.717) is 5.57 Å². The summed E-state index contributed by atoms with van der Waals surface area (Å²) < 4.78 is 173. The first-order chi connectivity index (χ1) is 14.3. The van der Waals surface area contributed by atoms with E-state index >= 15 is 0 Å². The molecular weight excluding hydrogens is 479 g/mol. The van der Waals surface area contributed by atoms with Gasteiger partial charge in [-0.15, -0.1) is 0 Å². The summed E-state index contributed by atoms with van der Waals surface area (Å²) in [4.78, 5) is 0. The van der Waals surface area contributed by atoms with Crippen molar-refractivity contribution < 1.29 is 61.8 Å². The first-order valence-electron chi connectivity index (χ1n) is 8.49. The van der Waals surface area contributed by atoms with Crippen LogP contribution in [0.4, 0.5) is 57.1 Å². The number of hydrogen-bond acceptors (Lipinski definition) is 1. The summed E-state index contributed by atoms with van der Waals surface area (Å²) in [6, 6.07) is 0. The molecule has 0 aromatic heterocycles. The molecule has 0 saturated carbocycles. The zero-order chi connectivity index (χ0) is 25.2. The summed E-state index contributed by atoms with van der Waals surface area (Å²) >= 11 is 0. The van der Waals surface area contributed by atoms with Gasteiger partial charge in [0.05, 0.1) is 13.2 Å². The molecule has 14 heteroatoms. The van der Waals surface area contributed by atoms with Crippen molar-refractivity contribution in [2.75, 3.05) is 13.2 Å². The van der Waals surface area contributed by atoms with Crippen molar-refractivity contribution in [2.24, 2.45) is 5.92 Å². The standard InChI is InChI=1S/C18H15F13O/c1-2-11-4-3-5-12(7-6-11)10-32-9-8-13(19,20)14(21,22)15(23,24)16(25,26)17(27,28)18(29,30)31/h2-7,12H,1,8-10H2. The first-order valence-corrected chi connectivity index (χ1v) is 8.49. The Morgan fingerprint density at radius 1 is 0.781 bits per heavy atom. The molecular formula is C18H15F13O. The predicted octanol–water partition coefficient (Wildman–Crippen LogP) is 6.99. The molecule has 1 atom stereocenters. The molecule has 0 N–H and O–H groups in total. The molecule has 1 rings (SSSR count). The molecule has 0 heterocycles.